The van der Waals surface area contributed by atoms with Crippen LogP contribution in [0.25, 0.3) is 23.8 Å². The van der Waals surface area contributed by atoms with Crippen molar-refractivity contribution in [2.45, 2.75) is 13.8 Å². The van der Waals surface area contributed by atoms with Gasteiger partial charge < -0.3 is 79.3 Å². The molecule has 3 aromatic carbocycles. The first-order chi connectivity index (χ1) is 36.9. The number of benzene rings is 3. The van der Waals surface area contributed by atoms with E-state index in [-0.39, 0.29) is 13.2 Å². The number of fused-ring (bicyclic) bond motifs is 2. The van der Waals surface area contributed by atoms with Crippen molar-refractivity contribution in [1.82, 2.24) is 4.48 Å². The molecule has 0 saturated heterocycles. The van der Waals surface area contributed by atoms with E-state index in [0.717, 1.165) is 31.5 Å². The zero-order valence-electron chi connectivity index (χ0n) is 44.7. The Morgan fingerprint density at radius 1 is 0.553 bits per heavy atom. The summed E-state index contributed by atoms with van der Waals surface area (Å²) in [6.45, 7) is 6.81. The standard InChI is InChI=1S/C56H72BF2I2N3O12/c1-41-53(60)48(19-10-43-8-15-46(16-9-43)62(3)4)63-55(41)52(45-13-17-47(18-14-45)74-37-34-71-31-28-68-25-22-65-5)56-42(2)54(61)49(64(56)57(63,58)59)20-11-44-12-21-50(75-38-35-72-32-29-69-26-23-66-6)51(40-44)76-39-36-73-33-30-70-27-24-67-7/h8-21,40H,22-39H2,1-7H3/b19-10+,20-11+. The number of halogens is 4. The number of allylic oxidation sites excluding steroid dienone is 3. The number of ether oxygens (including phenoxy) is 12. The highest BCUT2D eigenvalue weighted by molar-refractivity contribution is 14.1. The highest BCUT2D eigenvalue weighted by atomic mass is 127. The zero-order valence-corrected chi connectivity index (χ0v) is 49.0. The first-order valence-electron chi connectivity index (χ1n) is 25.3. The van der Waals surface area contributed by atoms with Crippen LogP contribution in [0, 0.1) is 10.5 Å². The molecular formula is C56H72BF2I2N3O12. The minimum absolute atomic E-state index is 0.233. The van der Waals surface area contributed by atoms with Crippen LogP contribution in [-0.4, -0.2) is 176 Å². The molecule has 20 heteroatoms. The highest BCUT2D eigenvalue weighted by Gasteiger charge is 2.57. The number of hydrogen-bond donors (Lipinski definition) is 0. The zero-order chi connectivity index (χ0) is 54.3. The molecule has 0 aliphatic carbocycles. The summed E-state index contributed by atoms with van der Waals surface area (Å²) in [6.07, 6.45) is 7.29. The Kier molecular flexibility index (Phi) is 25.7. The van der Waals surface area contributed by atoms with Crippen molar-refractivity contribution in [1.29, 1.82) is 0 Å². The second kappa shape index (κ2) is 32.0. The molecule has 2 aliphatic heterocycles. The largest absolute Gasteiger partial charge is 0.737 e. The van der Waals surface area contributed by atoms with Gasteiger partial charge in [0, 0.05) is 67.7 Å². The molecular weight excluding hydrogens is 1210 g/mol. The van der Waals surface area contributed by atoms with Gasteiger partial charge in [-0.3, -0.25) is 0 Å². The summed E-state index contributed by atoms with van der Waals surface area (Å²) >= 11 is 4.43. The Balaban J connectivity index is 1.32. The van der Waals surface area contributed by atoms with Crippen molar-refractivity contribution in [3.63, 3.8) is 0 Å². The summed E-state index contributed by atoms with van der Waals surface area (Å²) in [6, 6.07) is 21.2. The molecule has 1 aromatic heterocycles. The molecule has 2 aliphatic rings. The van der Waals surface area contributed by atoms with Crippen molar-refractivity contribution in [3.8, 4) is 17.2 Å². The van der Waals surface area contributed by atoms with Gasteiger partial charge in [-0.1, -0.05) is 36.4 Å². The van der Waals surface area contributed by atoms with Gasteiger partial charge in [0.05, 0.1) is 108 Å². The first kappa shape index (κ1) is 61.0. The average Bonchev–Trinajstić information content (AvgIpc) is 3.84. The molecule has 0 bridgehead atoms. The van der Waals surface area contributed by atoms with Crippen LogP contribution in [-0.2, 0) is 42.6 Å². The molecule has 0 N–H and O–H groups in total. The minimum Gasteiger partial charge on any atom is -0.491 e. The number of aromatic nitrogens is 1. The van der Waals surface area contributed by atoms with Crippen LogP contribution in [0.4, 0.5) is 14.3 Å². The smallest absolute Gasteiger partial charge is 0.491 e. The van der Waals surface area contributed by atoms with Gasteiger partial charge in [-0.2, -0.15) is 0 Å². The van der Waals surface area contributed by atoms with Crippen molar-refractivity contribution in [2.75, 3.05) is 159 Å². The highest BCUT2D eigenvalue weighted by Crippen LogP contribution is 2.48. The predicted molar refractivity (Wildman–Crippen MR) is 312 cm³/mol. The third kappa shape index (κ3) is 16.9. The molecule has 0 atom stereocenters. The van der Waals surface area contributed by atoms with E-state index in [1.807, 2.05) is 112 Å². The van der Waals surface area contributed by atoms with Crippen molar-refractivity contribution >= 4 is 87.4 Å². The summed E-state index contributed by atoms with van der Waals surface area (Å²) in [5.41, 5.74) is 7.30. The molecule has 0 amide bonds. The fourth-order valence-electron chi connectivity index (χ4n) is 8.32. The van der Waals surface area contributed by atoms with E-state index in [2.05, 4.69) is 45.2 Å². The van der Waals surface area contributed by atoms with Gasteiger partial charge in [-0.15, -0.1) is 0 Å². The number of methoxy groups -OCH3 is 3. The number of nitrogens with zero attached hydrogens (tertiary/aromatic N) is 3. The van der Waals surface area contributed by atoms with Crippen LogP contribution in [0.1, 0.15) is 40.6 Å². The van der Waals surface area contributed by atoms with Crippen LogP contribution in [0.3, 0.4) is 0 Å². The summed E-state index contributed by atoms with van der Waals surface area (Å²) < 4.78 is 107. The molecule has 6 rings (SSSR count). The van der Waals surface area contributed by atoms with Crippen LogP contribution in [0.2, 0.25) is 0 Å². The summed E-state index contributed by atoms with van der Waals surface area (Å²) in [7, 11) is 8.85. The summed E-state index contributed by atoms with van der Waals surface area (Å²) in [5, 5.41) is 0. The van der Waals surface area contributed by atoms with Crippen molar-refractivity contribution in [3.05, 3.63) is 125 Å². The van der Waals surface area contributed by atoms with E-state index in [1.165, 1.54) is 8.96 Å². The van der Waals surface area contributed by atoms with Gasteiger partial charge >= 0.3 is 6.97 Å². The minimum atomic E-state index is -4.48. The van der Waals surface area contributed by atoms with Gasteiger partial charge in [0.1, 0.15) is 25.6 Å². The van der Waals surface area contributed by atoms with Crippen LogP contribution >= 0.6 is 45.2 Å². The van der Waals surface area contributed by atoms with E-state index in [0.29, 0.717) is 160 Å². The van der Waals surface area contributed by atoms with E-state index >= 15 is 8.63 Å². The van der Waals surface area contributed by atoms with Gasteiger partial charge in [0.15, 0.2) is 22.9 Å². The van der Waals surface area contributed by atoms with E-state index in [1.54, 1.807) is 33.5 Å². The molecule has 3 heterocycles. The molecule has 76 heavy (non-hydrogen) atoms. The molecule has 0 unspecified atom stereocenters. The Morgan fingerprint density at radius 3 is 1.55 bits per heavy atom. The third-order valence-electron chi connectivity index (χ3n) is 12.2. The molecule has 0 fully saturated rings. The van der Waals surface area contributed by atoms with Crippen LogP contribution < -0.4 is 19.1 Å². The lowest BCUT2D eigenvalue weighted by atomic mass is 9.83. The summed E-state index contributed by atoms with van der Waals surface area (Å²) in [4.78, 5) is 2.02. The topological polar surface area (TPSA) is 122 Å². The number of hydrogen-bond acceptors (Lipinski definition) is 13. The van der Waals surface area contributed by atoms with E-state index in [9.17, 15) is 0 Å². The maximum atomic E-state index is 18.2. The van der Waals surface area contributed by atoms with Crippen molar-refractivity contribution < 1.29 is 70.0 Å². The SMILES string of the molecule is COCCOCCOCCOc1ccc(C2=C3C(C)=C(I)C(/C=C/c4ccc(N(C)C)cc4)=[N+]3[B-](F)(F)n3c(/C=C/c4ccc(OCCOCCOCCOC)c(OCCOCCOCCOC)c4)c(I)c(C)c32)cc1. The Labute approximate surface area is 474 Å². The van der Waals surface area contributed by atoms with Crippen molar-refractivity contribution in [2.24, 2.45) is 0 Å². The Hall–Kier alpha value is -4.21. The predicted octanol–water partition coefficient (Wildman–Crippen LogP) is 9.70. The number of rotatable bonds is 36. The lowest BCUT2D eigenvalue weighted by Crippen LogP contribution is -2.51. The lowest BCUT2D eigenvalue weighted by Gasteiger charge is -2.34. The molecule has 0 spiro atoms. The Morgan fingerprint density at radius 2 is 1.03 bits per heavy atom. The Bertz CT molecular complexity index is 2620. The molecule has 0 saturated carbocycles. The van der Waals surface area contributed by atoms with Gasteiger partial charge in [0.2, 0.25) is 0 Å². The van der Waals surface area contributed by atoms with E-state index in [4.69, 9.17) is 56.8 Å². The van der Waals surface area contributed by atoms with Crippen LogP contribution in [0.15, 0.2) is 87.7 Å². The average molecular weight is 1280 g/mol. The number of anilines is 1. The second-order valence-corrected chi connectivity index (χ2v) is 19.8. The quantitative estimate of drug-likeness (QED) is 0.0244. The van der Waals surface area contributed by atoms with Crippen LogP contribution in [0.5, 0.6) is 17.2 Å². The molecule has 414 valence electrons. The fraction of sp³-hybridized carbons (Fsp3) is 0.446. The van der Waals surface area contributed by atoms with Gasteiger partial charge in [-0.05, 0) is 130 Å². The summed E-state index contributed by atoms with van der Waals surface area (Å²) in [5.74, 6) is 1.61. The molecule has 15 nitrogen and oxygen atoms in total. The fourth-order valence-corrected chi connectivity index (χ4v) is 9.71. The maximum Gasteiger partial charge on any atom is 0.737 e. The second-order valence-electron chi connectivity index (χ2n) is 17.6. The first-order valence-corrected chi connectivity index (χ1v) is 27.5. The molecule has 0 radical (unpaired) electrons. The monoisotopic (exact) mass is 1280 g/mol. The maximum absolute atomic E-state index is 18.2. The van der Waals surface area contributed by atoms with E-state index < -0.39 is 6.97 Å². The molecule has 4 aromatic rings. The van der Waals surface area contributed by atoms with Gasteiger partial charge in [0.25, 0.3) is 0 Å². The normalized spacial score (nSPS) is 14.2. The van der Waals surface area contributed by atoms with Gasteiger partial charge in [-0.25, -0.2) is 0 Å². The third-order valence-corrected chi connectivity index (χ3v) is 14.9. The lowest BCUT2D eigenvalue weighted by molar-refractivity contribution is -0.362.